The summed E-state index contributed by atoms with van der Waals surface area (Å²) in [5, 5.41) is 9.01. The zero-order valence-electron chi connectivity index (χ0n) is 16.5. The Labute approximate surface area is 208 Å². The van der Waals surface area contributed by atoms with Crippen LogP contribution in [0.4, 0.5) is 10.5 Å². The van der Waals surface area contributed by atoms with Gasteiger partial charge in [-0.25, -0.2) is 19.2 Å². The molecule has 0 aliphatic carbocycles. The molecule has 3 rings (SSSR count). The molecule has 9 nitrogen and oxygen atoms in total. The van der Waals surface area contributed by atoms with Crippen molar-refractivity contribution >= 4 is 74.4 Å². The van der Waals surface area contributed by atoms with E-state index >= 15 is 0 Å². The van der Waals surface area contributed by atoms with Crippen LogP contribution in [0.15, 0.2) is 50.4 Å². The second-order valence-electron chi connectivity index (χ2n) is 6.03. The van der Waals surface area contributed by atoms with Crippen LogP contribution in [0.1, 0.15) is 28.9 Å². The first-order chi connectivity index (χ1) is 14.7. The van der Waals surface area contributed by atoms with Crippen LogP contribution in [0.2, 0.25) is 0 Å². The number of fused-ring (bicyclic) bond motifs is 1. The molecule has 3 aromatic rings. The van der Waals surface area contributed by atoms with Crippen LogP contribution in [-0.2, 0) is 4.74 Å². The number of aromatic carboxylic acids is 1. The number of anilines is 1. The smallest absolute Gasteiger partial charge is 0.419 e. The van der Waals surface area contributed by atoms with E-state index in [0.29, 0.717) is 16.6 Å². The number of ether oxygens (including phenoxy) is 1. The molecule has 0 radical (unpaired) electrons. The van der Waals surface area contributed by atoms with Crippen LogP contribution >= 0.6 is 46.4 Å². The first-order valence-electron chi connectivity index (χ1n) is 8.38. The fourth-order valence-corrected chi connectivity index (χ4v) is 2.60. The summed E-state index contributed by atoms with van der Waals surface area (Å²) in [6.07, 6.45) is 0. The average Bonchev–Trinajstić information content (AvgIpc) is 2.63. The number of rotatable bonds is 1. The third kappa shape index (κ3) is 11.1. The molecule has 0 aliphatic rings. The highest BCUT2D eigenvalue weighted by Crippen LogP contribution is 2.27. The molecule has 0 unspecified atom stereocenters. The molecule has 0 amide bonds. The maximum atomic E-state index is 11.2. The minimum Gasteiger partial charge on any atom is -0.478 e. The molecule has 13 heteroatoms. The van der Waals surface area contributed by atoms with Crippen molar-refractivity contribution in [3.05, 3.63) is 74.1 Å². The number of nitrogen functional groups attached to an aromatic ring is 1. The molecule has 0 bridgehead atoms. The lowest BCUT2D eigenvalue weighted by Crippen LogP contribution is -2.14. The Balaban J connectivity index is 0.000000474. The summed E-state index contributed by atoms with van der Waals surface area (Å²) in [6, 6.07) is 10.1. The summed E-state index contributed by atoms with van der Waals surface area (Å²) in [5.41, 5.74) is 6.50. The van der Waals surface area contributed by atoms with E-state index in [2.05, 4.69) is 25.7 Å². The molecular weight excluding hydrogens is 522 g/mol. The molecule has 1 aromatic heterocycles. The van der Waals surface area contributed by atoms with E-state index in [-0.39, 0.29) is 13.0 Å². The Bertz CT molecular complexity index is 1230. The van der Waals surface area contributed by atoms with Gasteiger partial charge in [0.15, 0.2) is 0 Å². The topological polar surface area (TPSA) is 153 Å². The zero-order valence-corrected chi connectivity index (χ0v) is 19.5. The van der Waals surface area contributed by atoms with E-state index in [0.717, 1.165) is 11.1 Å². The summed E-state index contributed by atoms with van der Waals surface area (Å²) in [5.74, 6) is -1.70. The zero-order chi connectivity index (χ0) is 24.6. The lowest BCUT2D eigenvalue weighted by Gasteiger charge is -2.06. The van der Waals surface area contributed by atoms with Crippen LogP contribution in [-0.4, -0.2) is 25.5 Å². The predicted octanol–water partition coefficient (Wildman–Crippen LogP) is 5.39. The Morgan fingerprint density at radius 2 is 1.61 bits per heavy atom. The minimum atomic E-state index is -2.04. The van der Waals surface area contributed by atoms with Crippen molar-refractivity contribution in [3.8, 4) is 0 Å². The normalized spacial score (nSPS) is 10.0. The highest BCUT2D eigenvalue weighted by Gasteiger charge is 2.23. The maximum absolute atomic E-state index is 11.2. The second kappa shape index (κ2) is 13.1. The van der Waals surface area contributed by atoms with Crippen molar-refractivity contribution in [2.24, 2.45) is 0 Å². The van der Waals surface area contributed by atoms with E-state index in [9.17, 15) is 19.2 Å². The Kier molecular flexibility index (Phi) is 12.0. The van der Waals surface area contributed by atoms with Gasteiger partial charge in [-0.1, -0.05) is 30.7 Å². The number of H-pyrrole nitrogens is 1. The molecule has 0 atom stereocenters. The van der Waals surface area contributed by atoms with Gasteiger partial charge in [0.2, 0.25) is 0 Å². The number of halogens is 4. The van der Waals surface area contributed by atoms with Crippen LogP contribution in [0.3, 0.4) is 0 Å². The van der Waals surface area contributed by atoms with Crippen molar-refractivity contribution < 1.29 is 23.8 Å². The number of carbonyl (C=O) groups excluding carboxylic acids is 1. The molecule has 33 heavy (non-hydrogen) atoms. The van der Waals surface area contributed by atoms with Crippen molar-refractivity contribution in [1.82, 2.24) is 4.98 Å². The number of nitrogens with one attached hydrogen (secondary N) is 1. The van der Waals surface area contributed by atoms with Crippen molar-refractivity contribution in [3.63, 3.8) is 0 Å². The summed E-state index contributed by atoms with van der Waals surface area (Å²) in [7, 11) is 0. The molecule has 0 fully saturated rings. The van der Waals surface area contributed by atoms with Gasteiger partial charge < -0.3 is 20.0 Å². The number of aromatic nitrogens is 1. The van der Waals surface area contributed by atoms with Gasteiger partial charge in [0.05, 0.1) is 16.5 Å². The summed E-state index contributed by atoms with van der Waals surface area (Å²) in [4.78, 5) is 44.6. The number of carboxylic acid groups (broad SMARTS) is 1. The Morgan fingerprint density at radius 1 is 1.06 bits per heavy atom. The SMILES string of the molecule is C.Cc1ccc(N)c(C(=O)O)c1.Cc1ccc2[nH]c(=O)oc(=O)c2c1.O=C(Cl)OC(Cl)(Cl)Cl. The van der Waals surface area contributed by atoms with Gasteiger partial charge in [0, 0.05) is 17.3 Å². The van der Waals surface area contributed by atoms with Gasteiger partial charge in [-0.3, -0.25) is 4.98 Å². The van der Waals surface area contributed by atoms with E-state index < -0.39 is 26.8 Å². The molecular formula is C20H20Cl4N2O7. The average molecular weight is 542 g/mol. The largest absolute Gasteiger partial charge is 0.478 e. The molecule has 0 saturated carbocycles. The third-order valence-corrected chi connectivity index (χ3v) is 3.76. The summed E-state index contributed by atoms with van der Waals surface area (Å²) in [6.45, 7) is 3.69. The number of hydrogen-bond acceptors (Lipinski definition) is 7. The van der Waals surface area contributed by atoms with E-state index in [4.69, 9.17) is 45.6 Å². The molecule has 0 spiro atoms. The number of hydrogen-bond donors (Lipinski definition) is 3. The van der Waals surface area contributed by atoms with Crippen LogP contribution < -0.4 is 17.1 Å². The molecule has 2 aromatic carbocycles. The fourth-order valence-electron chi connectivity index (χ4n) is 2.16. The predicted molar refractivity (Wildman–Crippen MR) is 130 cm³/mol. The second-order valence-corrected chi connectivity index (χ2v) is 8.52. The molecule has 4 N–H and O–H groups in total. The first-order valence-corrected chi connectivity index (χ1v) is 9.89. The van der Waals surface area contributed by atoms with Crippen molar-refractivity contribution in [1.29, 1.82) is 0 Å². The Hall–Kier alpha value is -2.72. The number of aromatic amines is 1. The van der Waals surface area contributed by atoms with Gasteiger partial charge in [0.1, 0.15) is 0 Å². The number of aryl methyl sites for hydroxylation is 2. The highest BCUT2D eigenvalue weighted by atomic mass is 35.6. The number of benzene rings is 2. The van der Waals surface area contributed by atoms with Crippen LogP contribution in [0.5, 0.6) is 0 Å². The lowest BCUT2D eigenvalue weighted by molar-refractivity contribution is 0.0698. The summed E-state index contributed by atoms with van der Waals surface area (Å²) < 4.78 is 6.20. The Morgan fingerprint density at radius 3 is 2.06 bits per heavy atom. The maximum Gasteiger partial charge on any atom is 0.419 e. The first kappa shape index (κ1) is 30.3. The van der Waals surface area contributed by atoms with Gasteiger partial charge >= 0.3 is 26.8 Å². The molecule has 180 valence electrons. The van der Waals surface area contributed by atoms with Gasteiger partial charge in [-0.2, -0.15) is 0 Å². The van der Waals surface area contributed by atoms with Crippen LogP contribution in [0.25, 0.3) is 10.9 Å². The standard InChI is InChI=1S/C9H7NO3.C8H9NO2.C2Cl4O2.CH4/c1-5-2-3-7-6(4-5)8(11)13-9(12)10-7;1-5-2-3-7(9)6(4-5)8(10)11;3-1(7)8-2(4,5)6;/h2-4H,1H3,(H,10,12);2-4H,9H2,1H3,(H,10,11);;1H4. The van der Waals surface area contributed by atoms with Crippen LogP contribution in [0, 0.1) is 13.8 Å². The molecule has 0 aliphatic heterocycles. The monoisotopic (exact) mass is 540 g/mol. The van der Waals surface area contributed by atoms with E-state index in [1.807, 2.05) is 19.9 Å². The highest BCUT2D eigenvalue weighted by molar-refractivity contribution is 6.69. The molecule has 1 heterocycles. The minimum absolute atomic E-state index is 0. The van der Waals surface area contributed by atoms with Crippen molar-refractivity contribution in [2.75, 3.05) is 5.73 Å². The molecule has 0 saturated heterocycles. The number of alkyl halides is 3. The van der Waals surface area contributed by atoms with Crippen molar-refractivity contribution in [2.45, 2.75) is 25.3 Å². The van der Waals surface area contributed by atoms with Gasteiger partial charge in [-0.15, -0.1) is 0 Å². The number of carbonyl (C=O) groups is 2. The van der Waals surface area contributed by atoms with Gasteiger partial charge in [-0.05, 0) is 72.9 Å². The fraction of sp³-hybridized carbons (Fsp3) is 0.200. The van der Waals surface area contributed by atoms with E-state index in [1.165, 1.54) is 0 Å². The summed E-state index contributed by atoms with van der Waals surface area (Å²) >= 11 is 19.4. The quantitative estimate of drug-likeness (QED) is 0.210. The third-order valence-electron chi connectivity index (χ3n) is 3.45. The number of nitrogens with two attached hydrogens (primary N) is 1. The lowest BCUT2D eigenvalue weighted by atomic mass is 10.1. The van der Waals surface area contributed by atoms with E-state index in [1.54, 1.807) is 30.3 Å². The number of carboxylic acids is 1. The van der Waals surface area contributed by atoms with Gasteiger partial charge in [0.25, 0.3) is 0 Å².